The van der Waals surface area contributed by atoms with Crippen molar-refractivity contribution in [1.82, 2.24) is 19.8 Å². The Balaban J connectivity index is 1.60. The predicted molar refractivity (Wildman–Crippen MR) is 79.7 cm³/mol. The molecule has 0 spiro atoms. The molecule has 3 rings (SSSR count). The van der Waals surface area contributed by atoms with Crippen LogP contribution >= 0.6 is 11.8 Å². The minimum Gasteiger partial charge on any atom is -0.382 e. The van der Waals surface area contributed by atoms with E-state index < -0.39 is 0 Å². The maximum Gasteiger partial charge on any atom is 0.276 e. The first-order valence-electron chi connectivity index (χ1n) is 6.93. The van der Waals surface area contributed by atoms with E-state index in [1.54, 1.807) is 0 Å². The summed E-state index contributed by atoms with van der Waals surface area (Å²) in [5.41, 5.74) is 6.00. The Kier molecular flexibility index (Phi) is 4.07. The van der Waals surface area contributed by atoms with Gasteiger partial charge in [-0.15, -0.1) is 0 Å². The van der Waals surface area contributed by atoms with Crippen LogP contribution in [0.2, 0.25) is 0 Å². The van der Waals surface area contributed by atoms with Crippen LogP contribution in [0.25, 0.3) is 0 Å². The molecule has 6 nitrogen and oxygen atoms in total. The Hall–Kier alpha value is -1.34. The van der Waals surface area contributed by atoms with Crippen molar-refractivity contribution in [1.29, 1.82) is 0 Å². The number of anilines is 1. The van der Waals surface area contributed by atoms with Gasteiger partial charge in [-0.1, -0.05) is 0 Å². The Morgan fingerprint density at radius 2 is 2.00 bits per heavy atom. The van der Waals surface area contributed by atoms with Gasteiger partial charge in [0.1, 0.15) is 0 Å². The first kappa shape index (κ1) is 13.6. The van der Waals surface area contributed by atoms with Crippen molar-refractivity contribution < 1.29 is 4.79 Å². The molecule has 0 bridgehead atoms. The van der Waals surface area contributed by atoms with Gasteiger partial charge in [0.05, 0.1) is 0 Å². The van der Waals surface area contributed by atoms with E-state index in [-0.39, 0.29) is 17.4 Å². The SMILES string of the molecule is Nc1nccnc1C(=O)N1CCN(C2CCSC2)CC1. The second-order valence-corrected chi connectivity index (χ2v) is 6.29. The molecule has 2 fully saturated rings. The molecule has 20 heavy (non-hydrogen) atoms. The monoisotopic (exact) mass is 293 g/mol. The summed E-state index contributed by atoms with van der Waals surface area (Å²) in [6.07, 6.45) is 4.28. The second-order valence-electron chi connectivity index (χ2n) is 5.14. The summed E-state index contributed by atoms with van der Waals surface area (Å²) in [7, 11) is 0. The van der Waals surface area contributed by atoms with E-state index in [9.17, 15) is 4.79 Å². The summed E-state index contributed by atoms with van der Waals surface area (Å²) in [6.45, 7) is 3.38. The number of amides is 1. The molecule has 2 aliphatic heterocycles. The van der Waals surface area contributed by atoms with Crippen LogP contribution in [0, 0.1) is 0 Å². The zero-order valence-corrected chi connectivity index (χ0v) is 12.2. The number of hydrogen-bond acceptors (Lipinski definition) is 6. The van der Waals surface area contributed by atoms with Gasteiger partial charge < -0.3 is 10.6 Å². The summed E-state index contributed by atoms with van der Waals surface area (Å²) in [5.74, 6) is 2.61. The number of carbonyl (C=O) groups is 1. The predicted octanol–water partition coefficient (Wildman–Crippen LogP) is 0.322. The zero-order chi connectivity index (χ0) is 13.9. The van der Waals surface area contributed by atoms with Crippen LogP contribution in [0.15, 0.2) is 12.4 Å². The van der Waals surface area contributed by atoms with Crippen molar-refractivity contribution >= 4 is 23.5 Å². The van der Waals surface area contributed by atoms with Gasteiger partial charge in [0.15, 0.2) is 11.5 Å². The molecule has 2 saturated heterocycles. The van der Waals surface area contributed by atoms with Crippen molar-refractivity contribution in [2.24, 2.45) is 0 Å². The molecule has 7 heteroatoms. The van der Waals surface area contributed by atoms with Crippen molar-refractivity contribution in [3.05, 3.63) is 18.1 Å². The Morgan fingerprint density at radius 1 is 1.25 bits per heavy atom. The third kappa shape index (κ3) is 2.73. The lowest BCUT2D eigenvalue weighted by molar-refractivity contribution is 0.0583. The van der Waals surface area contributed by atoms with Crippen LogP contribution in [0.4, 0.5) is 5.82 Å². The van der Waals surface area contributed by atoms with E-state index in [0.717, 1.165) is 26.2 Å². The lowest BCUT2D eigenvalue weighted by Gasteiger charge is -2.37. The molecule has 1 amide bonds. The van der Waals surface area contributed by atoms with E-state index >= 15 is 0 Å². The van der Waals surface area contributed by atoms with E-state index in [2.05, 4.69) is 14.9 Å². The number of piperazine rings is 1. The summed E-state index contributed by atoms with van der Waals surface area (Å²) < 4.78 is 0. The van der Waals surface area contributed by atoms with Crippen LogP contribution in [0.5, 0.6) is 0 Å². The third-order valence-electron chi connectivity index (χ3n) is 3.95. The fourth-order valence-electron chi connectivity index (χ4n) is 2.76. The second kappa shape index (κ2) is 5.97. The number of nitrogens with two attached hydrogens (primary N) is 1. The third-order valence-corrected chi connectivity index (χ3v) is 5.10. The van der Waals surface area contributed by atoms with Gasteiger partial charge in [-0.3, -0.25) is 9.69 Å². The number of thioether (sulfide) groups is 1. The average Bonchev–Trinajstić information content (AvgIpc) is 3.01. The highest BCUT2D eigenvalue weighted by molar-refractivity contribution is 7.99. The molecule has 0 saturated carbocycles. The van der Waals surface area contributed by atoms with Crippen LogP contribution in [-0.2, 0) is 0 Å². The molecule has 0 radical (unpaired) electrons. The normalized spacial score (nSPS) is 24.0. The number of nitrogens with zero attached hydrogens (tertiary/aromatic N) is 4. The quantitative estimate of drug-likeness (QED) is 0.846. The van der Waals surface area contributed by atoms with Crippen LogP contribution in [0.3, 0.4) is 0 Å². The highest BCUT2D eigenvalue weighted by atomic mass is 32.2. The molecule has 0 aromatic carbocycles. The number of hydrogen-bond donors (Lipinski definition) is 1. The summed E-state index contributed by atoms with van der Waals surface area (Å²) in [6, 6.07) is 0.693. The highest BCUT2D eigenvalue weighted by Crippen LogP contribution is 2.23. The van der Waals surface area contributed by atoms with E-state index in [4.69, 9.17) is 5.73 Å². The Morgan fingerprint density at radius 3 is 2.65 bits per heavy atom. The van der Waals surface area contributed by atoms with Crippen molar-refractivity contribution in [3.63, 3.8) is 0 Å². The van der Waals surface area contributed by atoms with Gasteiger partial charge in [-0.05, 0) is 12.2 Å². The first-order chi connectivity index (χ1) is 9.75. The lowest BCUT2D eigenvalue weighted by Crippen LogP contribution is -2.52. The fraction of sp³-hybridized carbons (Fsp3) is 0.615. The van der Waals surface area contributed by atoms with Crippen molar-refractivity contribution in [2.75, 3.05) is 43.4 Å². The average molecular weight is 293 g/mol. The summed E-state index contributed by atoms with van der Waals surface area (Å²) in [4.78, 5) is 24.7. The van der Waals surface area contributed by atoms with Gasteiger partial charge >= 0.3 is 0 Å². The number of aromatic nitrogens is 2. The van der Waals surface area contributed by atoms with Gasteiger partial charge in [0.2, 0.25) is 0 Å². The molecule has 1 atom stereocenters. The van der Waals surface area contributed by atoms with Crippen molar-refractivity contribution in [2.45, 2.75) is 12.5 Å². The molecule has 1 unspecified atom stereocenters. The van der Waals surface area contributed by atoms with Gasteiger partial charge in [-0.2, -0.15) is 11.8 Å². The molecule has 1 aromatic heterocycles. The molecule has 1 aromatic rings. The fourth-order valence-corrected chi connectivity index (χ4v) is 4.02. The molecule has 108 valence electrons. The van der Waals surface area contributed by atoms with Gasteiger partial charge in [0, 0.05) is 50.4 Å². The van der Waals surface area contributed by atoms with Crippen LogP contribution < -0.4 is 5.73 Å². The van der Waals surface area contributed by atoms with Gasteiger partial charge in [0.25, 0.3) is 5.91 Å². The minimum absolute atomic E-state index is 0.101. The first-order valence-corrected chi connectivity index (χ1v) is 8.09. The molecule has 0 aliphatic carbocycles. The molecule has 2 aliphatic rings. The van der Waals surface area contributed by atoms with E-state index in [1.807, 2.05) is 16.7 Å². The molecular formula is C13H19N5OS. The lowest BCUT2D eigenvalue weighted by atomic mass is 10.2. The Labute approximate surface area is 122 Å². The highest BCUT2D eigenvalue weighted by Gasteiger charge is 2.29. The number of nitrogen functional groups attached to an aromatic ring is 1. The summed E-state index contributed by atoms with van der Waals surface area (Å²) >= 11 is 2.02. The number of rotatable bonds is 2. The topological polar surface area (TPSA) is 75.3 Å². The summed E-state index contributed by atoms with van der Waals surface area (Å²) in [5, 5.41) is 0. The zero-order valence-electron chi connectivity index (χ0n) is 11.4. The molecule has 2 N–H and O–H groups in total. The van der Waals surface area contributed by atoms with Crippen molar-refractivity contribution in [3.8, 4) is 0 Å². The van der Waals surface area contributed by atoms with E-state index in [0.29, 0.717) is 6.04 Å². The molecular weight excluding hydrogens is 274 g/mol. The number of carbonyl (C=O) groups excluding carboxylic acids is 1. The maximum absolute atomic E-state index is 12.4. The Bertz CT molecular complexity index is 483. The largest absolute Gasteiger partial charge is 0.382 e. The van der Waals surface area contributed by atoms with E-state index in [1.165, 1.54) is 30.3 Å². The maximum atomic E-state index is 12.4. The molecule has 3 heterocycles. The van der Waals surface area contributed by atoms with Crippen LogP contribution in [-0.4, -0.2) is 69.4 Å². The van der Waals surface area contributed by atoms with Crippen LogP contribution in [0.1, 0.15) is 16.9 Å². The van der Waals surface area contributed by atoms with Gasteiger partial charge in [-0.25, -0.2) is 9.97 Å². The minimum atomic E-state index is -0.101. The standard InChI is InChI=1S/C13H19N5OS/c14-12-11(15-2-3-16-12)13(19)18-6-4-17(5-7-18)10-1-8-20-9-10/h2-3,10H,1,4-9H2,(H2,14,16). The smallest absolute Gasteiger partial charge is 0.276 e.